The average Bonchev–Trinajstić information content (AvgIpc) is 3.17. The number of aromatic nitrogens is 3. The van der Waals surface area contributed by atoms with Gasteiger partial charge < -0.3 is 19.9 Å². The minimum Gasteiger partial charge on any atom is -0.496 e. The number of likely N-dealkylation sites (tertiary alicyclic amines) is 1. The Balaban J connectivity index is 1.55. The number of aromatic amines is 1. The van der Waals surface area contributed by atoms with Crippen molar-refractivity contribution in [1.29, 1.82) is 0 Å². The standard InChI is InChI=1S/C27H32F3N5O4/c1-15-12-21(39-4)19(25(37)33-15)14-31-26(38)23-17(3)24(35-20(23)6-5-9-32-35)16(2)18-7-10-34(11-8-18)22(36)13-27(28,29)30/h5-6,9,12,16,18H,7-8,10-11,13-14H2,1-4H3,(H,31,38)(H,33,37). The molecule has 0 aromatic carbocycles. The highest BCUT2D eigenvalue weighted by atomic mass is 19.4. The number of nitrogens with one attached hydrogen (secondary N) is 2. The smallest absolute Gasteiger partial charge is 0.397 e. The molecule has 2 N–H and O–H groups in total. The third-order valence-corrected chi connectivity index (χ3v) is 7.48. The molecule has 39 heavy (non-hydrogen) atoms. The molecule has 1 atom stereocenters. The summed E-state index contributed by atoms with van der Waals surface area (Å²) in [6, 6.07) is 5.22. The van der Waals surface area contributed by atoms with E-state index in [4.69, 9.17) is 4.74 Å². The number of halogens is 3. The molecule has 12 heteroatoms. The summed E-state index contributed by atoms with van der Waals surface area (Å²) in [7, 11) is 1.46. The van der Waals surface area contributed by atoms with Crippen LogP contribution in [0.25, 0.3) is 5.52 Å². The van der Waals surface area contributed by atoms with Crippen LogP contribution in [0.1, 0.15) is 65.0 Å². The summed E-state index contributed by atoms with van der Waals surface area (Å²) >= 11 is 0. The van der Waals surface area contributed by atoms with Crippen LogP contribution < -0.4 is 15.6 Å². The van der Waals surface area contributed by atoms with E-state index >= 15 is 0 Å². The van der Waals surface area contributed by atoms with E-state index in [0.717, 1.165) is 11.3 Å². The molecule has 9 nitrogen and oxygen atoms in total. The van der Waals surface area contributed by atoms with E-state index in [1.54, 1.807) is 35.8 Å². The molecule has 1 fully saturated rings. The third-order valence-electron chi connectivity index (χ3n) is 7.48. The van der Waals surface area contributed by atoms with Crippen LogP contribution in [0.2, 0.25) is 0 Å². The molecular formula is C27H32F3N5O4. The van der Waals surface area contributed by atoms with Crippen LogP contribution >= 0.6 is 0 Å². The Morgan fingerprint density at radius 1 is 1.26 bits per heavy atom. The number of piperidine rings is 1. The van der Waals surface area contributed by atoms with Crippen molar-refractivity contribution >= 4 is 17.3 Å². The summed E-state index contributed by atoms with van der Waals surface area (Å²) in [6.45, 7) is 6.06. The van der Waals surface area contributed by atoms with Crippen molar-refractivity contribution in [1.82, 2.24) is 24.8 Å². The van der Waals surface area contributed by atoms with E-state index in [1.807, 2.05) is 13.8 Å². The van der Waals surface area contributed by atoms with Crippen LogP contribution in [0.3, 0.4) is 0 Å². The summed E-state index contributed by atoms with van der Waals surface area (Å²) in [5.74, 6) is -0.876. The molecule has 2 amide bonds. The van der Waals surface area contributed by atoms with Gasteiger partial charge in [0, 0.05) is 36.6 Å². The van der Waals surface area contributed by atoms with Gasteiger partial charge in [0.1, 0.15) is 12.2 Å². The summed E-state index contributed by atoms with van der Waals surface area (Å²) in [5.41, 5.74) is 3.21. The summed E-state index contributed by atoms with van der Waals surface area (Å²) in [6.07, 6.45) is -3.26. The predicted octanol–water partition coefficient (Wildman–Crippen LogP) is 3.87. The van der Waals surface area contributed by atoms with Crippen molar-refractivity contribution in [2.24, 2.45) is 5.92 Å². The molecule has 0 saturated carbocycles. The Kier molecular flexibility index (Phi) is 8.03. The molecule has 0 radical (unpaired) electrons. The van der Waals surface area contributed by atoms with Gasteiger partial charge in [-0.25, -0.2) is 4.52 Å². The second-order valence-electron chi connectivity index (χ2n) is 10.0. The maximum Gasteiger partial charge on any atom is 0.397 e. The quantitative estimate of drug-likeness (QED) is 0.467. The van der Waals surface area contributed by atoms with E-state index < -0.39 is 18.5 Å². The Labute approximate surface area is 223 Å². The predicted molar refractivity (Wildman–Crippen MR) is 138 cm³/mol. The Morgan fingerprint density at radius 2 is 1.95 bits per heavy atom. The van der Waals surface area contributed by atoms with Crippen molar-refractivity contribution in [2.75, 3.05) is 20.2 Å². The SMILES string of the molecule is COc1cc(C)[nH]c(=O)c1CNC(=O)c1c(C)c(C(C)C2CCN(C(=O)CC(F)(F)F)CC2)n2ncccc12. The van der Waals surface area contributed by atoms with Gasteiger partial charge in [0.05, 0.1) is 30.3 Å². The number of H-pyrrole nitrogens is 1. The van der Waals surface area contributed by atoms with E-state index in [1.165, 1.54) is 12.0 Å². The van der Waals surface area contributed by atoms with Crippen LogP contribution in [0, 0.1) is 19.8 Å². The Morgan fingerprint density at radius 3 is 2.59 bits per heavy atom. The number of nitrogens with zero attached hydrogens (tertiary/aromatic N) is 3. The zero-order valence-electron chi connectivity index (χ0n) is 22.3. The largest absolute Gasteiger partial charge is 0.496 e. The molecule has 0 aliphatic carbocycles. The van der Waals surface area contributed by atoms with E-state index in [9.17, 15) is 27.6 Å². The first-order valence-electron chi connectivity index (χ1n) is 12.8. The van der Waals surface area contributed by atoms with Gasteiger partial charge in [-0.1, -0.05) is 6.92 Å². The van der Waals surface area contributed by atoms with Crippen molar-refractivity contribution in [2.45, 2.75) is 58.7 Å². The molecule has 1 unspecified atom stereocenters. The maximum atomic E-state index is 13.4. The zero-order chi connectivity index (χ0) is 28.5. The lowest BCUT2D eigenvalue weighted by Crippen LogP contribution is -2.41. The first kappa shape index (κ1) is 28.2. The summed E-state index contributed by atoms with van der Waals surface area (Å²) in [4.78, 5) is 41.9. The fourth-order valence-corrected chi connectivity index (χ4v) is 5.50. The lowest BCUT2D eigenvalue weighted by Gasteiger charge is -2.35. The van der Waals surface area contributed by atoms with Gasteiger partial charge in [-0.3, -0.25) is 14.4 Å². The topological polar surface area (TPSA) is 109 Å². The number of hydrogen-bond donors (Lipinski definition) is 2. The molecule has 0 bridgehead atoms. The Bertz CT molecular complexity index is 1440. The average molecular weight is 548 g/mol. The fraction of sp³-hybridized carbons (Fsp3) is 0.481. The second-order valence-corrected chi connectivity index (χ2v) is 10.0. The van der Waals surface area contributed by atoms with Crippen molar-refractivity contribution in [3.05, 3.63) is 62.8 Å². The normalized spacial score (nSPS) is 15.4. The highest BCUT2D eigenvalue weighted by Crippen LogP contribution is 2.37. The molecule has 1 saturated heterocycles. The van der Waals surface area contributed by atoms with E-state index in [-0.39, 0.29) is 42.9 Å². The third kappa shape index (κ3) is 5.94. The lowest BCUT2D eigenvalue weighted by molar-refractivity contribution is -0.162. The molecule has 3 aromatic rings. The van der Waals surface area contributed by atoms with Gasteiger partial charge in [0.15, 0.2) is 0 Å². The number of hydrogen-bond acceptors (Lipinski definition) is 5. The maximum absolute atomic E-state index is 13.4. The number of aryl methyl sites for hydroxylation is 1. The molecule has 1 aliphatic heterocycles. The van der Waals surface area contributed by atoms with Crippen LogP contribution in [0.5, 0.6) is 5.75 Å². The first-order valence-corrected chi connectivity index (χ1v) is 12.8. The minimum absolute atomic E-state index is 0.0377. The van der Waals surface area contributed by atoms with E-state index in [2.05, 4.69) is 15.4 Å². The van der Waals surface area contributed by atoms with E-state index in [0.29, 0.717) is 40.9 Å². The first-order chi connectivity index (χ1) is 18.4. The number of amides is 2. The monoisotopic (exact) mass is 547 g/mol. The molecular weight excluding hydrogens is 515 g/mol. The van der Waals surface area contributed by atoms with Gasteiger partial charge in [-0.05, 0) is 56.4 Å². The number of carbonyl (C=O) groups excluding carboxylic acids is 2. The molecule has 0 spiro atoms. The van der Waals surface area contributed by atoms with Crippen molar-refractivity contribution in [3.8, 4) is 5.75 Å². The highest BCUT2D eigenvalue weighted by Gasteiger charge is 2.36. The Hall–Kier alpha value is -3.83. The summed E-state index contributed by atoms with van der Waals surface area (Å²) < 4.78 is 45.0. The zero-order valence-corrected chi connectivity index (χ0v) is 22.3. The van der Waals surface area contributed by atoms with Crippen LogP contribution in [0.4, 0.5) is 13.2 Å². The van der Waals surface area contributed by atoms with Crippen molar-refractivity contribution in [3.63, 3.8) is 0 Å². The second kappa shape index (κ2) is 11.1. The van der Waals surface area contributed by atoms with Crippen LogP contribution in [-0.4, -0.2) is 57.7 Å². The number of carbonyl (C=O) groups is 2. The molecule has 4 rings (SSSR count). The number of rotatable bonds is 7. The van der Waals surface area contributed by atoms with Gasteiger partial charge >= 0.3 is 6.18 Å². The number of methoxy groups -OCH3 is 1. The van der Waals surface area contributed by atoms with Gasteiger partial charge in [0.2, 0.25) is 5.91 Å². The molecule has 1 aliphatic rings. The fourth-order valence-electron chi connectivity index (χ4n) is 5.50. The van der Waals surface area contributed by atoms with Crippen LogP contribution in [-0.2, 0) is 11.3 Å². The molecule has 3 aromatic heterocycles. The minimum atomic E-state index is -4.52. The van der Waals surface area contributed by atoms with Gasteiger partial charge in [0.25, 0.3) is 11.5 Å². The van der Waals surface area contributed by atoms with Crippen molar-refractivity contribution < 1.29 is 27.5 Å². The lowest BCUT2D eigenvalue weighted by atomic mass is 9.82. The summed E-state index contributed by atoms with van der Waals surface area (Å²) in [5, 5.41) is 7.32. The molecule has 210 valence electrons. The van der Waals surface area contributed by atoms with Gasteiger partial charge in [-0.15, -0.1) is 0 Å². The van der Waals surface area contributed by atoms with Gasteiger partial charge in [-0.2, -0.15) is 18.3 Å². The highest BCUT2D eigenvalue weighted by molar-refractivity contribution is 6.03. The number of ether oxygens (including phenoxy) is 1. The number of pyridine rings is 1. The number of fused-ring (bicyclic) bond motifs is 1. The van der Waals surface area contributed by atoms with Crippen LogP contribution in [0.15, 0.2) is 29.2 Å². The number of alkyl halides is 3. The molecule has 4 heterocycles.